The van der Waals surface area contributed by atoms with Gasteiger partial charge in [0, 0.05) is 11.6 Å². The Kier molecular flexibility index (Phi) is 6.40. The van der Waals surface area contributed by atoms with Crippen molar-refractivity contribution in [3.8, 4) is 51.4 Å². The van der Waals surface area contributed by atoms with Crippen molar-refractivity contribution in [2.45, 2.75) is 6.92 Å². The number of ether oxygens (including phenoxy) is 3. The first kappa shape index (κ1) is 22.7. The molecule has 4 aromatic rings. The highest BCUT2D eigenvalue weighted by molar-refractivity contribution is 5.89. The van der Waals surface area contributed by atoms with Gasteiger partial charge in [0.25, 0.3) is 0 Å². The van der Waals surface area contributed by atoms with Crippen LogP contribution in [-0.2, 0) is 4.74 Å². The number of benzene rings is 3. The summed E-state index contributed by atoms with van der Waals surface area (Å²) in [6.45, 7) is 1.89. The van der Waals surface area contributed by atoms with Gasteiger partial charge in [0.2, 0.25) is 0 Å². The van der Waals surface area contributed by atoms with E-state index >= 15 is 0 Å². The predicted molar refractivity (Wildman–Crippen MR) is 127 cm³/mol. The van der Waals surface area contributed by atoms with Crippen LogP contribution in [0.1, 0.15) is 15.9 Å². The number of phenols is 1. The first-order valence-electron chi connectivity index (χ1n) is 10.4. The number of phenolic OH excluding ortho intramolecular Hbond substituents is 1. The van der Waals surface area contributed by atoms with E-state index in [1.165, 1.54) is 7.11 Å². The van der Waals surface area contributed by atoms with Crippen molar-refractivity contribution < 1.29 is 24.1 Å². The molecule has 0 unspecified atom stereocenters. The number of methoxy groups -OCH3 is 3. The van der Waals surface area contributed by atoms with Crippen molar-refractivity contribution >= 4 is 5.97 Å². The van der Waals surface area contributed by atoms with Crippen LogP contribution >= 0.6 is 0 Å². The molecule has 0 aliphatic heterocycles. The summed E-state index contributed by atoms with van der Waals surface area (Å²) in [5.41, 5.74) is 3.08. The third kappa shape index (κ3) is 4.52. The second-order valence-corrected chi connectivity index (χ2v) is 7.46. The number of aromatic nitrogens is 3. The van der Waals surface area contributed by atoms with E-state index in [2.05, 4.69) is 15.0 Å². The fourth-order valence-corrected chi connectivity index (χ4v) is 3.43. The number of carbonyl (C=O) groups excluding carboxylic acids is 1. The first-order chi connectivity index (χ1) is 16.4. The summed E-state index contributed by atoms with van der Waals surface area (Å²) in [5, 5.41) is 10.6. The van der Waals surface area contributed by atoms with E-state index in [0.29, 0.717) is 51.2 Å². The van der Waals surface area contributed by atoms with Crippen LogP contribution in [0, 0.1) is 6.92 Å². The Balaban J connectivity index is 1.91. The van der Waals surface area contributed by atoms with Gasteiger partial charge in [0.1, 0.15) is 17.2 Å². The molecule has 0 fully saturated rings. The van der Waals surface area contributed by atoms with Gasteiger partial charge in [-0.3, -0.25) is 0 Å². The summed E-state index contributed by atoms with van der Waals surface area (Å²) in [5.74, 6) is 1.81. The molecule has 3 aromatic carbocycles. The number of hydrogen-bond acceptors (Lipinski definition) is 8. The molecule has 0 aliphatic carbocycles. The summed E-state index contributed by atoms with van der Waals surface area (Å²) >= 11 is 0. The zero-order valence-corrected chi connectivity index (χ0v) is 19.2. The molecule has 0 aliphatic rings. The van der Waals surface area contributed by atoms with Gasteiger partial charge in [0.15, 0.2) is 17.5 Å². The quantitative estimate of drug-likeness (QED) is 0.416. The number of esters is 1. The maximum Gasteiger partial charge on any atom is 0.337 e. The molecular formula is C26H23N3O5. The largest absolute Gasteiger partial charge is 0.507 e. The van der Waals surface area contributed by atoms with Crippen LogP contribution < -0.4 is 9.47 Å². The smallest absolute Gasteiger partial charge is 0.337 e. The molecule has 1 N–H and O–H groups in total. The summed E-state index contributed by atoms with van der Waals surface area (Å²) in [4.78, 5) is 25.7. The van der Waals surface area contributed by atoms with Crippen LogP contribution in [-0.4, -0.2) is 47.4 Å². The van der Waals surface area contributed by atoms with E-state index in [1.54, 1.807) is 68.8 Å². The average Bonchev–Trinajstić information content (AvgIpc) is 2.87. The highest BCUT2D eigenvalue weighted by Crippen LogP contribution is 2.35. The number of rotatable bonds is 6. The normalized spacial score (nSPS) is 10.6. The molecule has 0 radical (unpaired) electrons. The van der Waals surface area contributed by atoms with Gasteiger partial charge in [-0.25, -0.2) is 19.7 Å². The second-order valence-electron chi connectivity index (χ2n) is 7.46. The van der Waals surface area contributed by atoms with Gasteiger partial charge < -0.3 is 19.3 Å². The van der Waals surface area contributed by atoms with Crippen molar-refractivity contribution in [3.05, 3.63) is 71.8 Å². The van der Waals surface area contributed by atoms with E-state index in [9.17, 15) is 9.90 Å². The van der Waals surface area contributed by atoms with Crippen molar-refractivity contribution in [2.75, 3.05) is 21.3 Å². The summed E-state index contributed by atoms with van der Waals surface area (Å²) < 4.78 is 15.6. The Morgan fingerprint density at radius 3 is 2.03 bits per heavy atom. The molecular weight excluding hydrogens is 434 g/mol. The summed E-state index contributed by atoms with van der Waals surface area (Å²) in [6.07, 6.45) is 0. The minimum absolute atomic E-state index is 0.0610. The van der Waals surface area contributed by atoms with Gasteiger partial charge in [-0.05, 0) is 48.9 Å². The Hall–Kier alpha value is -4.46. The lowest BCUT2D eigenvalue weighted by Gasteiger charge is -2.12. The topological polar surface area (TPSA) is 104 Å². The van der Waals surface area contributed by atoms with E-state index < -0.39 is 5.97 Å². The van der Waals surface area contributed by atoms with Crippen LogP contribution in [0.2, 0.25) is 0 Å². The lowest BCUT2D eigenvalue weighted by Crippen LogP contribution is -2.03. The molecule has 0 spiro atoms. The lowest BCUT2D eigenvalue weighted by atomic mass is 10.1. The maximum atomic E-state index is 11.8. The molecule has 1 aromatic heterocycles. The summed E-state index contributed by atoms with van der Waals surface area (Å²) in [6, 6.07) is 17.4. The number of aryl methyl sites for hydroxylation is 1. The second kappa shape index (κ2) is 9.58. The highest BCUT2D eigenvalue weighted by atomic mass is 16.5. The highest BCUT2D eigenvalue weighted by Gasteiger charge is 2.18. The molecule has 34 heavy (non-hydrogen) atoms. The van der Waals surface area contributed by atoms with Crippen molar-refractivity contribution in [1.29, 1.82) is 0 Å². The van der Waals surface area contributed by atoms with Crippen molar-refractivity contribution in [1.82, 2.24) is 15.0 Å². The fourth-order valence-electron chi connectivity index (χ4n) is 3.43. The average molecular weight is 457 g/mol. The number of hydrogen-bond donors (Lipinski definition) is 1. The molecule has 0 atom stereocenters. The third-order valence-electron chi connectivity index (χ3n) is 5.24. The molecule has 172 valence electrons. The van der Waals surface area contributed by atoms with E-state index in [-0.39, 0.29) is 5.75 Å². The molecule has 1 heterocycles. The Morgan fingerprint density at radius 1 is 0.765 bits per heavy atom. The van der Waals surface area contributed by atoms with Gasteiger partial charge >= 0.3 is 5.97 Å². The zero-order valence-electron chi connectivity index (χ0n) is 19.2. The third-order valence-corrected chi connectivity index (χ3v) is 5.24. The summed E-state index contributed by atoms with van der Waals surface area (Å²) in [7, 11) is 4.46. The van der Waals surface area contributed by atoms with Gasteiger partial charge in [0.05, 0.1) is 38.0 Å². The maximum absolute atomic E-state index is 11.8. The van der Waals surface area contributed by atoms with E-state index in [4.69, 9.17) is 14.2 Å². The molecule has 0 saturated heterocycles. The van der Waals surface area contributed by atoms with E-state index in [0.717, 1.165) is 5.56 Å². The molecule has 0 bridgehead atoms. The Morgan fingerprint density at radius 2 is 1.41 bits per heavy atom. The fraction of sp³-hybridized carbons (Fsp3) is 0.154. The van der Waals surface area contributed by atoms with Crippen LogP contribution in [0.3, 0.4) is 0 Å². The number of nitrogens with zero attached hydrogens (tertiary/aromatic N) is 3. The van der Waals surface area contributed by atoms with Gasteiger partial charge in [-0.2, -0.15) is 0 Å². The lowest BCUT2D eigenvalue weighted by molar-refractivity contribution is 0.0600. The molecule has 0 amide bonds. The van der Waals surface area contributed by atoms with Crippen molar-refractivity contribution in [2.24, 2.45) is 0 Å². The molecule has 8 nitrogen and oxygen atoms in total. The van der Waals surface area contributed by atoms with Crippen LogP contribution in [0.25, 0.3) is 34.2 Å². The SMILES string of the molecule is COC(=O)c1ccc(-c2nc(-c3ccc(C)cc3O)nc(-c3ccc(OC)cc3OC)n2)cc1. The van der Waals surface area contributed by atoms with Crippen LogP contribution in [0.15, 0.2) is 60.7 Å². The van der Waals surface area contributed by atoms with Gasteiger partial charge in [-0.1, -0.05) is 18.2 Å². The Bertz CT molecular complexity index is 1350. The van der Waals surface area contributed by atoms with Crippen LogP contribution in [0.4, 0.5) is 0 Å². The predicted octanol–water partition coefficient (Wildman–Crippen LogP) is 4.69. The number of aromatic hydroxyl groups is 1. The molecule has 0 saturated carbocycles. The molecule has 8 heteroatoms. The zero-order chi connectivity index (χ0) is 24.2. The van der Waals surface area contributed by atoms with Gasteiger partial charge in [-0.15, -0.1) is 0 Å². The number of carbonyl (C=O) groups is 1. The monoisotopic (exact) mass is 457 g/mol. The van der Waals surface area contributed by atoms with Crippen LogP contribution in [0.5, 0.6) is 17.2 Å². The van der Waals surface area contributed by atoms with E-state index in [1.807, 2.05) is 13.0 Å². The molecule has 4 rings (SSSR count). The van der Waals surface area contributed by atoms with Crippen molar-refractivity contribution in [3.63, 3.8) is 0 Å². The minimum Gasteiger partial charge on any atom is -0.507 e. The first-order valence-corrected chi connectivity index (χ1v) is 10.4. The minimum atomic E-state index is -0.434. The standard InChI is InChI=1S/C26H23N3O5/c1-15-5-11-19(21(30)13-15)24-27-23(16-6-8-17(9-7-16)26(31)34-4)28-25(29-24)20-12-10-18(32-2)14-22(20)33-3/h5-14,30H,1-4H3. The Labute approximate surface area is 196 Å².